The van der Waals surface area contributed by atoms with Crippen molar-refractivity contribution in [1.29, 1.82) is 0 Å². The molecular formula is C22H33IN4OS. The summed E-state index contributed by atoms with van der Waals surface area (Å²) in [6, 6.07) is 10.1. The molecule has 1 aliphatic heterocycles. The highest BCUT2D eigenvalue weighted by Gasteiger charge is 2.22. The number of benzene rings is 1. The van der Waals surface area contributed by atoms with Crippen molar-refractivity contribution in [3.8, 4) is 5.75 Å². The van der Waals surface area contributed by atoms with Crippen LogP contribution in [0.2, 0.25) is 0 Å². The largest absolute Gasteiger partial charge is 0.490 e. The highest BCUT2D eigenvalue weighted by atomic mass is 127. The highest BCUT2D eigenvalue weighted by Crippen LogP contribution is 2.20. The first kappa shape index (κ1) is 23.9. The molecule has 7 heteroatoms. The summed E-state index contributed by atoms with van der Waals surface area (Å²) in [7, 11) is 0. The normalized spacial score (nSPS) is 15.1. The molecule has 29 heavy (non-hydrogen) atoms. The van der Waals surface area contributed by atoms with Crippen molar-refractivity contribution in [2.24, 2.45) is 4.99 Å². The lowest BCUT2D eigenvalue weighted by Gasteiger charge is -2.34. The van der Waals surface area contributed by atoms with E-state index in [1.165, 1.54) is 15.6 Å². The minimum absolute atomic E-state index is 0. The summed E-state index contributed by atoms with van der Waals surface area (Å²) in [5.41, 5.74) is 1.23. The van der Waals surface area contributed by atoms with Gasteiger partial charge < -0.3 is 15.0 Å². The molecule has 0 spiro atoms. The number of likely N-dealkylation sites (tertiary alicyclic amines) is 1. The van der Waals surface area contributed by atoms with E-state index in [1.807, 2.05) is 41.7 Å². The van der Waals surface area contributed by atoms with E-state index in [0.717, 1.165) is 63.6 Å². The van der Waals surface area contributed by atoms with Gasteiger partial charge in [0, 0.05) is 50.3 Å². The maximum Gasteiger partial charge on any atom is 0.193 e. The number of aryl methyl sites for hydroxylation is 2. The summed E-state index contributed by atoms with van der Waals surface area (Å²) in [6.07, 6.45) is 4.24. The number of para-hydroxylation sites is 1. The number of ether oxygens (including phenoxy) is 1. The number of hydrogen-bond acceptors (Lipinski definition) is 4. The lowest BCUT2D eigenvalue weighted by atomic mass is 10.1. The van der Waals surface area contributed by atoms with E-state index in [2.05, 4.69) is 31.0 Å². The number of rotatable bonds is 7. The summed E-state index contributed by atoms with van der Waals surface area (Å²) < 4.78 is 6.11. The van der Waals surface area contributed by atoms with E-state index in [-0.39, 0.29) is 30.1 Å². The van der Waals surface area contributed by atoms with Gasteiger partial charge in [0.25, 0.3) is 0 Å². The molecule has 0 atom stereocenters. The van der Waals surface area contributed by atoms with Gasteiger partial charge in [-0.25, -0.2) is 4.98 Å². The maximum absolute atomic E-state index is 6.11. The highest BCUT2D eigenvalue weighted by molar-refractivity contribution is 14.0. The molecule has 1 aromatic carbocycles. The van der Waals surface area contributed by atoms with Crippen molar-refractivity contribution < 1.29 is 4.74 Å². The zero-order chi connectivity index (χ0) is 19.8. The van der Waals surface area contributed by atoms with Crippen LogP contribution in [-0.2, 0) is 12.8 Å². The molecule has 2 aromatic rings. The summed E-state index contributed by atoms with van der Waals surface area (Å²) in [6.45, 7) is 10.1. The number of nitrogens with one attached hydrogen (secondary N) is 1. The van der Waals surface area contributed by atoms with E-state index in [9.17, 15) is 0 Å². The number of guanidine groups is 1. The maximum atomic E-state index is 6.11. The molecule has 3 rings (SSSR count). The van der Waals surface area contributed by atoms with Gasteiger partial charge >= 0.3 is 0 Å². The van der Waals surface area contributed by atoms with E-state index in [0.29, 0.717) is 0 Å². The lowest BCUT2D eigenvalue weighted by molar-refractivity contribution is 0.129. The van der Waals surface area contributed by atoms with Gasteiger partial charge in [0.1, 0.15) is 11.9 Å². The summed E-state index contributed by atoms with van der Waals surface area (Å²) in [5, 5.41) is 4.65. The molecular weight excluding hydrogens is 495 g/mol. The van der Waals surface area contributed by atoms with Gasteiger partial charge in [0.05, 0.1) is 10.7 Å². The second-order valence-electron chi connectivity index (χ2n) is 7.07. The lowest BCUT2D eigenvalue weighted by Crippen LogP contribution is -2.47. The molecule has 0 aliphatic carbocycles. The van der Waals surface area contributed by atoms with Crippen LogP contribution in [0.5, 0.6) is 5.75 Å². The van der Waals surface area contributed by atoms with Crippen molar-refractivity contribution in [3.63, 3.8) is 0 Å². The van der Waals surface area contributed by atoms with Crippen LogP contribution < -0.4 is 10.1 Å². The molecule has 1 aromatic heterocycles. The zero-order valence-corrected chi connectivity index (χ0v) is 20.8. The smallest absolute Gasteiger partial charge is 0.193 e. The van der Waals surface area contributed by atoms with Crippen molar-refractivity contribution >= 4 is 41.3 Å². The topological polar surface area (TPSA) is 49.8 Å². The first-order valence-electron chi connectivity index (χ1n) is 10.4. The molecule has 0 bridgehead atoms. The fraction of sp³-hybridized carbons (Fsp3) is 0.545. The average molecular weight is 529 g/mol. The molecule has 0 unspecified atom stereocenters. The van der Waals surface area contributed by atoms with Crippen LogP contribution >= 0.6 is 35.3 Å². The Morgan fingerprint density at radius 3 is 2.59 bits per heavy atom. The van der Waals surface area contributed by atoms with Crippen LogP contribution in [0.4, 0.5) is 0 Å². The second kappa shape index (κ2) is 12.4. The summed E-state index contributed by atoms with van der Waals surface area (Å²) in [4.78, 5) is 13.3. The number of nitrogens with zero attached hydrogens (tertiary/aromatic N) is 3. The van der Waals surface area contributed by atoms with Gasteiger partial charge in [0.2, 0.25) is 0 Å². The number of halogens is 1. The van der Waals surface area contributed by atoms with Crippen LogP contribution in [0.3, 0.4) is 0 Å². The van der Waals surface area contributed by atoms with Crippen LogP contribution in [0, 0.1) is 6.92 Å². The second-order valence-corrected chi connectivity index (χ2v) is 8.35. The van der Waals surface area contributed by atoms with Crippen molar-refractivity contribution in [2.45, 2.75) is 52.6 Å². The molecule has 160 valence electrons. The molecule has 1 aliphatic rings. The third-order valence-corrected chi connectivity index (χ3v) is 6.05. The SMILES string of the molecule is CCNC(=NCCc1nc(CC)c(C)s1)N1CCC(Oc2ccccc2)CC1.I. The minimum atomic E-state index is 0. The van der Waals surface area contributed by atoms with E-state index in [4.69, 9.17) is 14.7 Å². The fourth-order valence-corrected chi connectivity index (χ4v) is 4.49. The van der Waals surface area contributed by atoms with E-state index >= 15 is 0 Å². The summed E-state index contributed by atoms with van der Waals surface area (Å²) >= 11 is 1.81. The monoisotopic (exact) mass is 528 g/mol. The molecule has 0 radical (unpaired) electrons. The Balaban J connectivity index is 0.00000300. The van der Waals surface area contributed by atoms with Crippen molar-refractivity contribution in [1.82, 2.24) is 15.2 Å². The number of aromatic nitrogens is 1. The average Bonchev–Trinajstić information content (AvgIpc) is 3.08. The predicted octanol–water partition coefficient (Wildman–Crippen LogP) is 4.68. The van der Waals surface area contributed by atoms with E-state index in [1.54, 1.807) is 0 Å². The Hall–Kier alpha value is -1.35. The fourth-order valence-electron chi connectivity index (χ4n) is 3.48. The predicted molar refractivity (Wildman–Crippen MR) is 133 cm³/mol. The number of thiazole rings is 1. The number of aliphatic imine (C=N–C) groups is 1. The van der Waals surface area contributed by atoms with Gasteiger partial charge in [0.15, 0.2) is 5.96 Å². The third-order valence-electron chi connectivity index (χ3n) is 4.98. The molecule has 5 nitrogen and oxygen atoms in total. The van der Waals surface area contributed by atoms with Gasteiger partial charge in [-0.2, -0.15) is 0 Å². The van der Waals surface area contributed by atoms with Crippen LogP contribution in [-0.4, -0.2) is 48.1 Å². The minimum Gasteiger partial charge on any atom is -0.490 e. The molecule has 0 amide bonds. The van der Waals surface area contributed by atoms with Gasteiger partial charge in [-0.3, -0.25) is 4.99 Å². The Labute approximate surface area is 196 Å². The Morgan fingerprint density at radius 1 is 1.24 bits per heavy atom. The molecule has 1 N–H and O–H groups in total. The first-order valence-corrected chi connectivity index (χ1v) is 11.2. The van der Waals surface area contributed by atoms with Gasteiger partial charge in [-0.15, -0.1) is 35.3 Å². The molecule has 0 saturated carbocycles. The standard InChI is InChI=1S/C22H32N4OS.HI/c1-4-20-17(3)28-21(25-20)11-14-24-22(23-5-2)26-15-12-19(13-16-26)27-18-9-7-6-8-10-18;/h6-10,19H,4-5,11-16H2,1-3H3,(H,23,24);1H. The van der Waals surface area contributed by atoms with Crippen LogP contribution in [0.25, 0.3) is 0 Å². The van der Waals surface area contributed by atoms with Crippen LogP contribution in [0.15, 0.2) is 35.3 Å². The Bertz CT molecular complexity index is 757. The molecule has 1 saturated heterocycles. The third kappa shape index (κ3) is 7.13. The quantitative estimate of drug-likeness (QED) is 0.322. The molecule has 2 heterocycles. The van der Waals surface area contributed by atoms with Crippen molar-refractivity contribution in [2.75, 3.05) is 26.2 Å². The number of hydrogen-bond donors (Lipinski definition) is 1. The number of piperidine rings is 1. The first-order chi connectivity index (χ1) is 13.7. The van der Waals surface area contributed by atoms with E-state index < -0.39 is 0 Å². The van der Waals surface area contributed by atoms with Gasteiger partial charge in [-0.05, 0) is 32.4 Å². The van der Waals surface area contributed by atoms with Crippen molar-refractivity contribution in [3.05, 3.63) is 45.9 Å². The van der Waals surface area contributed by atoms with Crippen LogP contribution in [0.1, 0.15) is 42.3 Å². The summed E-state index contributed by atoms with van der Waals surface area (Å²) in [5.74, 6) is 1.98. The van der Waals surface area contributed by atoms with Gasteiger partial charge in [-0.1, -0.05) is 25.1 Å². The molecule has 1 fully saturated rings. The Morgan fingerprint density at radius 2 is 1.97 bits per heavy atom. The zero-order valence-electron chi connectivity index (χ0n) is 17.7. The Kier molecular flexibility index (Phi) is 10.2.